The van der Waals surface area contributed by atoms with Crippen molar-refractivity contribution in [2.24, 2.45) is 5.92 Å². The minimum atomic E-state index is 0.490. The summed E-state index contributed by atoms with van der Waals surface area (Å²) in [6, 6.07) is 0. The summed E-state index contributed by atoms with van der Waals surface area (Å²) in [4.78, 5) is 0. The molecule has 64 valence electrons. The predicted molar refractivity (Wildman–Crippen MR) is 48.3 cm³/mol. The molecule has 0 aromatic carbocycles. The van der Waals surface area contributed by atoms with E-state index in [0.29, 0.717) is 12.2 Å². The summed E-state index contributed by atoms with van der Waals surface area (Å²) in [7, 11) is 0. The first-order valence-corrected chi connectivity index (χ1v) is 4.17. The summed E-state index contributed by atoms with van der Waals surface area (Å²) < 4.78 is 5.56. The molecule has 0 aliphatic carbocycles. The zero-order valence-corrected chi connectivity index (χ0v) is 7.71. The van der Waals surface area contributed by atoms with E-state index >= 15 is 0 Å². The van der Waals surface area contributed by atoms with Crippen LogP contribution in [0.3, 0.4) is 0 Å². The van der Waals surface area contributed by atoms with Crippen LogP contribution in [-0.2, 0) is 4.74 Å². The average molecular weight is 154 g/mol. The number of terminal acetylenes is 1. The zero-order chi connectivity index (χ0) is 8.85. The topological polar surface area (TPSA) is 9.23 Å². The first-order chi connectivity index (χ1) is 5.18. The van der Waals surface area contributed by atoms with Crippen LogP contribution >= 0.6 is 0 Å². The molecule has 1 saturated heterocycles. The van der Waals surface area contributed by atoms with Crippen molar-refractivity contribution in [3.8, 4) is 12.8 Å². The molecule has 11 heavy (non-hydrogen) atoms. The van der Waals surface area contributed by atoms with E-state index < -0.39 is 0 Å². The van der Waals surface area contributed by atoms with Gasteiger partial charge in [-0.15, -0.1) is 12.8 Å². The molecule has 0 saturated carbocycles. The summed E-state index contributed by atoms with van der Waals surface area (Å²) in [5.41, 5.74) is 0. The van der Waals surface area contributed by atoms with Crippen molar-refractivity contribution in [3.05, 3.63) is 0 Å². The Hall–Kier alpha value is -0.480. The van der Waals surface area contributed by atoms with Gasteiger partial charge in [0.15, 0.2) is 0 Å². The zero-order valence-electron chi connectivity index (χ0n) is 7.71. The summed E-state index contributed by atoms with van der Waals surface area (Å²) >= 11 is 0. The lowest BCUT2D eigenvalue weighted by atomic mass is 9.95. The second-order valence-electron chi connectivity index (χ2n) is 3.33. The fourth-order valence-corrected chi connectivity index (χ4v) is 1.74. The summed E-state index contributed by atoms with van der Waals surface area (Å²) in [5.74, 6) is 0.865. The molecule has 1 rings (SSSR count). The molecule has 0 bridgehead atoms. The third-order valence-electron chi connectivity index (χ3n) is 1.93. The maximum absolute atomic E-state index is 5.56. The molecule has 0 aromatic rings. The average Bonchev–Trinajstić information content (AvgIpc) is 1.88. The molecule has 0 radical (unpaired) electrons. The highest BCUT2D eigenvalue weighted by Crippen LogP contribution is 2.23. The highest BCUT2D eigenvalue weighted by molar-refractivity contribution is 4.69. The van der Waals surface area contributed by atoms with Gasteiger partial charge in [-0.2, -0.15) is 0 Å². The number of hydrogen-bond acceptors (Lipinski definition) is 1. The van der Waals surface area contributed by atoms with Crippen LogP contribution in [0.1, 0.15) is 33.6 Å². The van der Waals surface area contributed by atoms with Crippen LogP contribution in [0.2, 0.25) is 0 Å². The van der Waals surface area contributed by atoms with E-state index in [2.05, 4.69) is 33.6 Å². The second kappa shape index (κ2) is 5.21. The van der Waals surface area contributed by atoms with Gasteiger partial charge in [-0.25, -0.2) is 0 Å². The first-order valence-electron chi connectivity index (χ1n) is 4.17. The molecule has 1 aliphatic heterocycles. The molecule has 1 fully saturated rings. The van der Waals surface area contributed by atoms with Gasteiger partial charge >= 0.3 is 0 Å². The molecule has 2 atom stereocenters. The highest BCUT2D eigenvalue weighted by atomic mass is 16.5. The lowest BCUT2D eigenvalue weighted by Gasteiger charge is -2.29. The van der Waals surface area contributed by atoms with Gasteiger partial charge in [0.1, 0.15) is 0 Å². The smallest absolute Gasteiger partial charge is 0.0553 e. The predicted octanol–water partition coefficient (Wildman–Crippen LogP) is 2.46. The Morgan fingerprint density at radius 1 is 1.00 bits per heavy atom. The van der Waals surface area contributed by atoms with Crippen LogP contribution in [0, 0.1) is 18.8 Å². The lowest BCUT2D eigenvalue weighted by Crippen LogP contribution is -2.27. The molecule has 1 nitrogen and oxygen atoms in total. The highest BCUT2D eigenvalue weighted by Gasteiger charge is 2.20. The number of rotatable bonds is 0. The standard InChI is InChI=1S/C8H16O.C2H2/c1-6-4-7(2)9-8(3)5-6;1-2/h6-8H,4-5H2,1-3H3;1-2H. The lowest BCUT2D eigenvalue weighted by molar-refractivity contribution is -0.0485. The maximum Gasteiger partial charge on any atom is 0.0553 e. The molecule has 0 aromatic heterocycles. The summed E-state index contributed by atoms with van der Waals surface area (Å²) in [6.45, 7) is 6.62. The Balaban J connectivity index is 0.000000461. The fourth-order valence-electron chi connectivity index (χ4n) is 1.74. The van der Waals surface area contributed by atoms with E-state index in [0.717, 1.165) is 5.92 Å². The molecule has 0 N–H and O–H groups in total. The first kappa shape index (κ1) is 10.5. The summed E-state index contributed by atoms with van der Waals surface area (Å²) in [6.07, 6.45) is 11.5. The van der Waals surface area contributed by atoms with E-state index in [1.54, 1.807) is 0 Å². The van der Waals surface area contributed by atoms with Crippen LogP contribution in [0.25, 0.3) is 0 Å². The normalized spacial score (nSPS) is 37.0. The van der Waals surface area contributed by atoms with Crippen LogP contribution in [0.15, 0.2) is 0 Å². The number of hydrogen-bond donors (Lipinski definition) is 0. The molecule has 2 unspecified atom stereocenters. The molecule has 0 amide bonds. The van der Waals surface area contributed by atoms with E-state index in [1.807, 2.05) is 0 Å². The molecule has 1 heterocycles. The fraction of sp³-hybridized carbons (Fsp3) is 0.800. The molecule has 1 heteroatoms. The van der Waals surface area contributed by atoms with Gasteiger partial charge in [-0.3, -0.25) is 0 Å². The van der Waals surface area contributed by atoms with E-state index in [9.17, 15) is 0 Å². The Morgan fingerprint density at radius 3 is 1.64 bits per heavy atom. The SMILES string of the molecule is C#C.CC1CC(C)OC(C)C1. The maximum atomic E-state index is 5.56. The van der Waals surface area contributed by atoms with Crippen molar-refractivity contribution in [1.29, 1.82) is 0 Å². The van der Waals surface area contributed by atoms with Crippen LogP contribution < -0.4 is 0 Å². The van der Waals surface area contributed by atoms with Gasteiger partial charge < -0.3 is 4.74 Å². The Kier molecular flexibility index (Phi) is 4.98. The number of ether oxygens (including phenoxy) is 1. The van der Waals surface area contributed by atoms with Crippen molar-refractivity contribution < 1.29 is 4.74 Å². The van der Waals surface area contributed by atoms with Gasteiger partial charge in [0.05, 0.1) is 12.2 Å². The van der Waals surface area contributed by atoms with E-state index in [-0.39, 0.29) is 0 Å². The Bertz CT molecular complexity index is 92.3. The molecular formula is C10H18O. The van der Waals surface area contributed by atoms with Crippen molar-refractivity contribution in [2.45, 2.75) is 45.8 Å². The molecule has 1 aliphatic rings. The third kappa shape index (κ3) is 4.06. The van der Waals surface area contributed by atoms with Gasteiger partial charge in [-0.05, 0) is 32.6 Å². The Labute approximate surface area is 70.1 Å². The molecular weight excluding hydrogens is 136 g/mol. The van der Waals surface area contributed by atoms with E-state index in [4.69, 9.17) is 4.74 Å². The minimum absolute atomic E-state index is 0.490. The van der Waals surface area contributed by atoms with Crippen LogP contribution in [0.5, 0.6) is 0 Å². The van der Waals surface area contributed by atoms with Crippen molar-refractivity contribution >= 4 is 0 Å². The van der Waals surface area contributed by atoms with Gasteiger partial charge in [0, 0.05) is 0 Å². The summed E-state index contributed by atoms with van der Waals surface area (Å²) in [5, 5.41) is 0. The van der Waals surface area contributed by atoms with Gasteiger partial charge in [0.25, 0.3) is 0 Å². The third-order valence-corrected chi connectivity index (χ3v) is 1.93. The second-order valence-corrected chi connectivity index (χ2v) is 3.33. The van der Waals surface area contributed by atoms with Gasteiger partial charge in [-0.1, -0.05) is 6.92 Å². The van der Waals surface area contributed by atoms with Crippen molar-refractivity contribution in [2.75, 3.05) is 0 Å². The molecule has 0 spiro atoms. The largest absolute Gasteiger partial charge is 0.376 e. The van der Waals surface area contributed by atoms with Crippen LogP contribution in [0.4, 0.5) is 0 Å². The monoisotopic (exact) mass is 154 g/mol. The van der Waals surface area contributed by atoms with Gasteiger partial charge in [0.2, 0.25) is 0 Å². The van der Waals surface area contributed by atoms with E-state index in [1.165, 1.54) is 12.8 Å². The quantitative estimate of drug-likeness (QED) is 0.487. The van der Waals surface area contributed by atoms with Crippen LogP contribution in [-0.4, -0.2) is 12.2 Å². The minimum Gasteiger partial charge on any atom is -0.376 e. The van der Waals surface area contributed by atoms with Crippen molar-refractivity contribution in [3.63, 3.8) is 0 Å². The Morgan fingerprint density at radius 2 is 1.36 bits per heavy atom. The van der Waals surface area contributed by atoms with Crippen molar-refractivity contribution in [1.82, 2.24) is 0 Å².